The molecule has 4 heteroatoms. The van der Waals surface area contributed by atoms with E-state index in [1.165, 1.54) is 7.11 Å². The van der Waals surface area contributed by atoms with Gasteiger partial charge in [-0.15, -0.1) is 0 Å². The Bertz CT molecular complexity index is 723. The Balaban J connectivity index is 2.31. The first-order valence-electron chi connectivity index (χ1n) is 7.35. The van der Waals surface area contributed by atoms with Crippen LogP contribution in [-0.4, -0.2) is 25.9 Å². The van der Waals surface area contributed by atoms with Gasteiger partial charge in [0.05, 0.1) is 25.5 Å². The molecular weight excluding hydrogens is 290 g/mol. The molecule has 0 amide bonds. The Morgan fingerprint density at radius 1 is 0.957 bits per heavy atom. The summed E-state index contributed by atoms with van der Waals surface area (Å²) < 4.78 is 10.1. The molecule has 0 radical (unpaired) electrons. The minimum absolute atomic E-state index is 0.340. The predicted molar refractivity (Wildman–Crippen MR) is 92.1 cm³/mol. The highest BCUT2D eigenvalue weighted by Crippen LogP contribution is 2.28. The van der Waals surface area contributed by atoms with Gasteiger partial charge in [0.25, 0.3) is 0 Å². The molecule has 0 bridgehead atoms. The van der Waals surface area contributed by atoms with E-state index in [-0.39, 0.29) is 5.97 Å². The van der Waals surface area contributed by atoms with Gasteiger partial charge in [-0.25, -0.2) is 4.79 Å². The van der Waals surface area contributed by atoms with Gasteiger partial charge in [0.2, 0.25) is 0 Å². The first-order valence-corrected chi connectivity index (χ1v) is 7.35. The lowest BCUT2D eigenvalue weighted by atomic mass is 10.1. The van der Waals surface area contributed by atoms with Crippen LogP contribution in [0.25, 0.3) is 0 Å². The quantitative estimate of drug-likeness (QED) is 0.627. The number of carbonyl (C=O) groups excluding carboxylic acids is 1. The van der Waals surface area contributed by atoms with E-state index in [0.29, 0.717) is 5.56 Å². The number of rotatable bonds is 4. The molecule has 4 nitrogen and oxygen atoms in total. The van der Waals surface area contributed by atoms with Crippen molar-refractivity contribution in [3.63, 3.8) is 0 Å². The standard InChI is InChI=1S/C19H21NO3/c1-12-10-17(11-13(2)18(12)22-4)20-14(3)15-6-8-16(9-7-15)19(21)23-5/h6-11H,1-5H3. The molecule has 2 rings (SSSR count). The van der Waals surface area contributed by atoms with Crippen molar-refractivity contribution in [3.05, 3.63) is 58.7 Å². The highest BCUT2D eigenvalue weighted by atomic mass is 16.5. The molecular formula is C19H21NO3. The van der Waals surface area contributed by atoms with E-state index in [9.17, 15) is 4.79 Å². The average Bonchev–Trinajstić information content (AvgIpc) is 2.54. The summed E-state index contributed by atoms with van der Waals surface area (Å²) in [6.45, 7) is 5.96. The van der Waals surface area contributed by atoms with Crippen LogP contribution in [0, 0.1) is 13.8 Å². The molecule has 0 aromatic heterocycles. The number of hydrogen-bond donors (Lipinski definition) is 0. The molecule has 0 aliphatic carbocycles. The van der Waals surface area contributed by atoms with E-state index < -0.39 is 0 Å². The number of benzene rings is 2. The van der Waals surface area contributed by atoms with Gasteiger partial charge in [0.15, 0.2) is 0 Å². The average molecular weight is 311 g/mol. The molecule has 0 heterocycles. The zero-order valence-corrected chi connectivity index (χ0v) is 14.1. The molecule has 2 aromatic rings. The van der Waals surface area contributed by atoms with Crippen LogP contribution < -0.4 is 4.74 Å². The summed E-state index contributed by atoms with van der Waals surface area (Å²) in [5.74, 6) is 0.552. The third-order valence-electron chi connectivity index (χ3n) is 3.67. The van der Waals surface area contributed by atoms with Crippen LogP contribution >= 0.6 is 0 Å². The van der Waals surface area contributed by atoms with Crippen LogP contribution in [-0.2, 0) is 4.74 Å². The molecule has 120 valence electrons. The van der Waals surface area contributed by atoms with E-state index in [0.717, 1.165) is 33.8 Å². The first-order chi connectivity index (χ1) is 11.0. The SMILES string of the molecule is COC(=O)c1ccc(C(C)=Nc2cc(C)c(OC)c(C)c2)cc1. The van der Waals surface area contributed by atoms with E-state index in [1.54, 1.807) is 19.2 Å². The number of ether oxygens (including phenoxy) is 2. The summed E-state index contributed by atoms with van der Waals surface area (Å²) >= 11 is 0. The zero-order chi connectivity index (χ0) is 17.0. The van der Waals surface area contributed by atoms with E-state index in [1.807, 2.05) is 45.0 Å². The highest BCUT2D eigenvalue weighted by molar-refractivity contribution is 6.01. The minimum atomic E-state index is -0.340. The third kappa shape index (κ3) is 3.77. The largest absolute Gasteiger partial charge is 0.496 e. The monoisotopic (exact) mass is 311 g/mol. The van der Waals surface area contributed by atoms with Crippen molar-refractivity contribution >= 4 is 17.4 Å². The van der Waals surface area contributed by atoms with Gasteiger partial charge in [-0.3, -0.25) is 4.99 Å². The molecule has 0 aliphatic rings. The van der Waals surface area contributed by atoms with E-state index in [4.69, 9.17) is 9.47 Å². The van der Waals surface area contributed by atoms with Crippen LogP contribution in [0.1, 0.15) is 34.0 Å². The highest BCUT2D eigenvalue weighted by Gasteiger charge is 2.07. The Morgan fingerprint density at radius 2 is 1.48 bits per heavy atom. The summed E-state index contributed by atoms with van der Waals surface area (Å²) in [4.78, 5) is 16.1. The molecule has 0 unspecified atom stereocenters. The lowest BCUT2D eigenvalue weighted by Crippen LogP contribution is -2.02. The van der Waals surface area contributed by atoms with Crippen molar-refractivity contribution in [3.8, 4) is 5.75 Å². The topological polar surface area (TPSA) is 47.9 Å². The smallest absolute Gasteiger partial charge is 0.337 e. The maximum atomic E-state index is 11.5. The van der Waals surface area contributed by atoms with Crippen molar-refractivity contribution in [2.45, 2.75) is 20.8 Å². The summed E-state index contributed by atoms with van der Waals surface area (Å²) in [6, 6.07) is 11.2. The fourth-order valence-corrected chi connectivity index (χ4v) is 2.54. The van der Waals surface area contributed by atoms with E-state index in [2.05, 4.69) is 4.99 Å². The fourth-order valence-electron chi connectivity index (χ4n) is 2.54. The zero-order valence-electron chi connectivity index (χ0n) is 14.1. The number of methoxy groups -OCH3 is 2. The second-order valence-electron chi connectivity index (χ2n) is 5.38. The number of nitrogens with zero attached hydrogens (tertiary/aromatic N) is 1. The van der Waals surface area contributed by atoms with E-state index >= 15 is 0 Å². The molecule has 0 fully saturated rings. The summed E-state index contributed by atoms with van der Waals surface area (Å²) in [5.41, 5.74) is 5.37. The van der Waals surface area contributed by atoms with Gasteiger partial charge in [0, 0.05) is 5.71 Å². The molecule has 0 saturated heterocycles. The van der Waals surface area contributed by atoms with Crippen LogP contribution in [0.2, 0.25) is 0 Å². The van der Waals surface area contributed by atoms with Gasteiger partial charge >= 0.3 is 5.97 Å². The first kappa shape index (κ1) is 16.7. The van der Waals surface area contributed by atoms with Crippen molar-refractivity contribution in [1.29, 1.82) is 0 Å². The number of aryl methyl sites for hydroxylation is 2. The molecule has 0 N–H and O–H groups in total. The number of aliphatic imine (C=N–C) groups is 1. The van der Waals surface area contributed by atoms with Gasteiger partial charge < -0.3 is 9.47 Å². The summed E-state index contributed by atoms with van der Waals surface area (Å²) in [6.07, 6.45) is 0. The second kappa shape index (κ2) is 7.09. The third-order valence-corrected chi connectivity index (χ3v) is 3.67. The van der Waals surface area contributed by atoms with Crippen LogP contribution in [0.15, 0.2) is 41.4 Å². The van der Waals surface area contributed by atoms with Crippen LogP contribution in [0.3, 0.4) is 0 Å². The summed E-state index contributed by atoms with van der Waals surface area (Å²) in [7, 11) is 3.05. The van der Waals surface area contributed by atoms with Crippen molar-refractivity contribution < 1.29 is 14.3 Å². The maximum Gasteiger partial charge on any atom is 0.337 e. The molecule has 2 aromatic carbocycles. The van der Waals surface area contributed by atoms with Crippen LogP contribution in [0.5, 0.6) is 5.75 Å². The van der Waals surface area contributed by atoms with Crippen molar-refractivity contribution in [2.24, 2.45) is 4.99 Å². The molecule has 0 aliphatic heterocycles. The lowest BCUT2D eigenvalue weighted by Gasteiger charge is -2.10. The van der Waals surface area contributed by atoms with Crippen molar-refractivity contribution in [1.82, 2.24) is 0 Å². The Morgan fingerprint density at radius 3 is 1.96 bits per heavy atom. The Kier molecular flexibility index (Phi) is 5.16. The molecule has 0 spiro atoms. The van der Waals surface area contributed by atoms with Gasteiger partial charge in [-0.2, -0.15) is 0 Å². The number of esters is 1. The minimum Gasteiger partial charge on any atom is -0.496 e. The second-order valence-corrected chi connectivity index (χ2v) is 5.38. The number of hydrogen-bond acceptors (Lipinski definition) is 4. The fraction of sp³-hybridized carbons (Fsp3) is 0.263. The van der Waals surface area contributed by atoms with Gasteiger partial charge in [0.1, 0.15) is 5.75 Å². The summed E-state index contributed by atoms with van der Waals surface area (Å²) in [5, 5.41) is 0. The van der Waals surface area contributed by atoms with Crippen molar-refractivity contribution in [2.75, 3.05) is 14.2 Å². The molecule has 0 atom stereocenters. The molecule has 0 saturated carbocycles. The number of carbonyl (C=O) groups is 1. The molecule has 23 heavy (non-hydrogen) atoms. The predicted octanol–water partition coefficient (Wildman–Crippen LogP) is 4.24. The Hall–Kier alpha value is -2.62. The lowest BCUT2D eigenvalue weighted by molar-refractivity contribution is 0.0600. The maximum absolute atomic E-state index is 11.5. The van der Waals surface area contributed by atoms with Gasteiger partial charge in [-0.05, 0) is 61.7 Å². The normalized spacial score (nSPS) is 11.3. The van der Waals surface area contributed by atoms with Gasteiger partial charge in [-0.1, -0.05) is 12.1 Å². The Labute approximate surface area is 136 Å². The van der Waals surface area contributed by atoms with Crippen LogP contribution in [0.4, 0.5) is 5.69 Å².